The van der Waals surface area contributed by atoms with Crippen LogP contribution in [-0.4, -0.2) is 56.0 Å². The molecule has 2 aliphatic heterocycles. The van der Waals surface area contributed by atoms with E-state index in [1.54, 1.807) is 6.92 Å². The van der Waals surface area contributed by atoms with Crippen LogP contribution in [0.15, 0.2) is 53.0 Å². The lowest BCUT2D eigenvalue weighted by Gasteiger charge is -2.43. The zero-order valence-corrected chi connectivity index (χ0v) is 18.9. The van der Waals surface area contributed by atoms with Gasteiger partial charge < -0.3 is 14.5 Å². The molecule has 2 aliphatic rings. The molecule has 2 aromatic rings. The van der Waals surface area contributed by atoms with E-state index in [0.29, 0.717) is 26.3 Å². The molecular formula is C24H27BrN2O3. The van der Waals surface area contributed by atoms with Gasteiger partial charge in [0.25, 0.3) is 0 Å². The number of anilines is 1. The van der Waals surface area contributed by atoms with Crippen LogP contribution in [0.4, 0.5) is 5.69 Å². The number of Topliss-reactive ketones (excluding diaryl/α,β-unsaturated/α-hetero) is 1. The van der Waals surface area contributed by atoms with Gasteiger partial charge in [0.05, 0.1) is 5.41 Å². The first-order chi connectivity index (χ1) is 14.5. The van der Waals surface area contributed by atoms with Gasteiger partial charge in [0.1, 0.15) is 0 Å². The predicted octanol–water partition coefficient (Wildman–Crippen LogP) is 4.05. The Morgan fingerprint density at radius 2 is 1.50 bits per heavy atom. The van der Waals surface area contributed by atoms with Crippen LogP contribution < -0.4 is 4.90 Å². The van der Waals surface area contributed by atoms with Gasteiger partial charge in [-0.25, -0.2) is 0 Å². The molecular weight excluding hydrogens is 444 g/mol. The monoisotopic (exact) mass is 470 g/mol. The fourth-order valence-electron chi connectivity index (χ4n) is 4.49. The van der Waals surface area contributed by atoms with Crippen molar-refractivity contribution in [3.63, 3.8) is 0 Å². The van der Waals surface area contributed by atoms with Gasteiger partial charge in [-0.3, -0.25) is 9.59 Å². The minimum absolute atomic E-state index is 0.0756. The number of amides is 1. The van der Waals surface area contributed by atoms with Gasteiger partial charge in [0, 0.05) is 55.1 Å². The van der Waals surface area contributed by atoms with Crippen LogP contribution in [0.1, 0.15) is 35.7 Å². The second kappa shape index (κ2) is 8.90. The predicted molar refractivity (Wildman–Crippen MR) is 121 cm³/mol. The van der Waals surface area contributed by atoms with Crippen LogP contribution in [0.5, 0.6) is 0 Å². The second-order valence-corrected chi connectivity index (χ2v) is 9.00. The minimum atomic E-state index is -0.496. The molecule has 4 rings (SSSR count). The minimum Gasteiger partial charge on any atom is -0.381 e. The largest absolute Gasteiger partial charge is 0.381 e. The molecule has 2 heterocycles. The number of hydrogen-bond acceptors (Lipinski definition) is 4. The Morgan fingerprint density at radius 1 is 0.900 bits per heavy atom. The molecule has 0 unspecified atom stereocenters. The van der Waals surface area contributed by atoms with Gasteiger partial charge >= 0.3 is 0 Å². The molecule has 0 aliphatic carbocycles. The van der Waals surface area contributed by atoms with E-state index >= 15 is 0 Å². The van der Waals surface area contributed by atoms with Crippen molar-refractivity contribution in [3.8, 4) is 0 Å². The van der Waals surface area contributed by atoms with Gasteiger partial charge in [-0.2, -0.15) is 0 Å². The van der Waals surface area contributed by atoms with Gasteiger partial charge in [-0.15, -0.1) is 0 Å². The number of piperazine rings is 1. The summed E-state index contributed by atoms with van der Waals surface area (Å²) in [5.74, 6) is 0.298. The number of carbonyl (C=O) groups excluding carboxylic acids is 2. The lowest BCUT2D eigenvalue weighted by Crippen LogP contribution is -2.56. The molecule has 0 bridgehead atoms. The zero-order chi connectivity index (χ0) is 21.1. The topological polar surface area (TPSA) is 49.9 Å². The highest BCUT2D eigenvalue weighted by molar-refractivity contribution is 9.10. The molecule has 158 valence electrons. The molecule has 0 spiro atoms. The molecule has 1 amide bonds. The maximum absolute atomic E-state index is 13.7. The zero-order valence-electron chi connectivity index (χ0n) is 17.3. The quantitative estimate of drug-likeness (QED) is 0.632. The van der Waals surface area contributed by atoms with Crippen molar-refractivity contribution in [2.24, 2.45) is 0 Å². The lowest BCUT2D eigenvalue weighted by atomic mass is 9.73. The molecule has 2 aromatic carbocycles. The average Bonchev–Trinajstić information content (AvgIpc) is 2.79. The van der Waals surface area contributed by atoms with E-state index in [-0.39, 0.29) is 11.7 Å². The Labute approximate surface area is 186 Å². The van der Waals surface area contributed by atoms with E-state index in [9.17, 15) is 9.59 Å². The summed E-state index contributed by atoms with van der Waals surface area (Å²) in [5.41, 5.74) is 2.41. The van der Waals surface area contributed by atoms with Crippen LogP contribution in [-0.2, 0) is 14.9 Å². The Bertz CT molecular complexity index is 897. The van der Waals surface area contributed by atoms with Gasteiger partial charge in [-0.05, 0) is 61.7 Å². The number of halogens is 1. The number of hydrogen-bond donors (Lipinski definition) is 0. The normalized spacial score (nSPS) is 18.9. The highest BCUT2D eigenvalue weighted by atomic mass is 79.9. The SMILES string of the molecule is CC(=O)c1ccc(N2CCN(C(=O)C3(c4ccc(Br)cc4)CCOCC3)CC2)cc1. The molecule has 6 heteroatoms. The van der Waals surface area contributed by atoms with E-state index in [2.05, 4.69) is 33.0 Å². The summed E-state index contributed by atoms with van der Waals surface area (Å²) in [7, 11) is 0. The first-order valence-electron chi connectivity index (χ1n) is 10.5. The van der Waals surface area contributed by atoms with E-state index in [0.717, 1.165) is 47.2 Å². The molecule has 0 aromatic heterocycles. The number of ether oxygens (including phenoxy) is 1. The number of nitrogens with zero attached hydrogens (tertiary/aromatic N) is 2. The fourth-order valence-corrected chi connectivity index (χ4v) is 4.76. The standard InChI is InChI=1S/C24H27BrN2O3/c1-18(28)19-2-8-22(9-3-19)26-12-14-27(15-13-26)23(29)24(10-16-30-17-11-24)20-4-6-21(25)7-5-20/h2-9H,10-17H2,1H3. The van der Waals surface area contributed by atoms with Crippen molar-refractivity contribution in [2.45, 2.75) is 25.2 Å². The van der Waals surface area contributed by atoms with Gasteiger partial charge in [0.15, 0.2) is 5.78 Å². The summed E-state index contributed by atoms with van der Waals surface area (Å²) < 4.78 is 6.62. The Hall–Kier alpha value is -2.18. The van der Waals surface area contributed by atoms with Crippen molar-refractivity contribution >= 4 is 33.3 Å². The Morgan fingerprint density at radius 3 is 2.07 bits per heavy atom. The van der Waals surface area contributed by atoms with Gasteiger partial charge in [0.2, 0.25) is 5.91 Å². The fraction of sp³-hybridized carbons (Fsp3) is 0.417. The van der Waals surface area contributed by atoms with Crippen LogP contribution >= 0.6 is 15.9 Å². The molecule has 2 saturated heterocycles. The smallest absolute Gasteiger partial charge is 0.233 e. The third-order valence-electron chi connectivity index (χ3n) is 6.36. The summed E-state index contributed by atoms with van der Waals surface area (Å²) in [6.45, 7) is 5.79. The highest BCUT2D eigenvalue weighted by Gasteiger charge is 2.44. The molecule has 0 saturated carbocycles. The summed E-state index contributed by atoms with van der Waals surface area (Å²) in [6, 6.07) is 15.9. The number of carbonyl (C=O) groups is 2. The molecule has 0 atom stereocenters. The first kappa shape index (κ1) is 21.1. The van der Waals surface area contributed by atoms with Crippen molar-refractivity contribution in [1.82, 2.24) is 4.90 Å². The van der Waals surface area contributed by atoms with Crippen molar-refractivity contribution in [2.75, 3.05) is 44.3 Å². The van der Waals surface area contributed by atoms with E-state index in [1.165, 1.54) is 0 Å². The number of benzene rings is 2. The van der Waals surface area contributed by atoms with E-state index < -0.39 is 5.41 Å². The third-order valence-corrected chi connectivity index (χ3v) is 6.89. The summed E-state index contributed by atoms with van der Waals surface area (Å²) in [4.78, 5) is 29.5. The van der Waals surface area contributed by atoms with Crippen molar-refractivity contribution in [1.29, 1.82) is 0 Å². The maximum Gasteiger partial charge on any atom is 0.233 e. The third kappa shape index (κ3) is 4.16. The van der Waals surface area contributed by atoms with Crippen molar-refractivity contribution < 1.29 is 14.3 Å². The van der Waals surface area contributed by atoms with Crippen LogP contribution in [0.3, 0.4) is 0 Å². The molecule has 0 N–H and O–H groups in total. The molecule has 5 nitrogen and oxygen atoms in total. The van der Waals surface area contributed by atoms with Crippen LogP contribution in [0.25, 0.3) is 0 Å². The van der Waals surface area contributed by atoms with Crippen LogP contribution in [0.2, 0.25) is 0 Å². The summed E-state index contributed by atoms with van der Waals surface area (Å²) >= 11 is 3.50. The summed E-state index contributed by atoms with van der Waals surface area (Å²) in [5, 5.41) is 0. The number of rotatable bonds is 4. The molecule has 2 fully saturated rings. The average molecular weight is 471 g/mol. The lowest BCUT2D eigenvalue weighted by molar-refractivity contribution is -0.141. The first-order valence-corrected chi connectivity index (χ1v) is 11.3. The van der Waals surface area contributed by atoms with E-state index in [1.807, 2.05) is 41.3 Å². The van der Waals surface area contributed by atoms with Gasteiger partial charge in [-0.1, -0.05) is 28.1 Å². The van der Waals surface area contributed by atoms with E-state index in [4.69, 9.17) is 4.74 Å². The van der Waals surface area contributed by atoms with Crippen molar-refractivity contribution in [3.05, 3.63) is 64.1 Å². The molecule has 30 heavy (non-hydrogen) atoms. The second-order valence-electron chi connectivity index (χ2n) is 8.08. The van der Waals surface area contributed by atoms with Crippen LogP contribution in [0, 0.1) is 0 Å². The Kier molecular flexibility index (Phi) is 6.25. The molecule has 0 radical (unpaired) electrons. The Balaban J connectivity index is 1.48. The number of ketones is 1. The highest BCUT2D eigenvalue weighted by Crippen LogP contribution is 2.37. The summed E-state index contributed by atoms with van der Waals surface area (Å²) in [6.07, 6.45) is 1.44. The maximum atomic E-state index is 13.7.